The number of nitrogens with two attached hydrogens (primary N) is 2. The van der Waals surface area contributed by atoms with Gasteiger partial charge in [0, 0.05) is 23.0 Å². The Kier molecular flexibility index (Phi) is 2.55. The minimum atomic E-state index is -0.472. The van der Waals surface area contributed by atoms with Crippen LogP contribution < -0.4 is 11.5 Å². The van der Waals surface area contributed by atoms with Crippen LogP contribution in [0.1, 0.15) is 10.4 Å². The van der Waals surface area contributed by atoms with Crippen molar-refractivity contribution in [3.63, 3.8) is 0 Å². The van der Waals surface area contributed by atoms with Crippen molar-refractivity contribution < 1.29 is 4.79 Å². The molecule has 2 aromatic rings. The average molecular weight is 213 g/mol. The molecule has 16 heavy (non-hydrogen) atoms. The molecule has 0 radical (unpaired) electrons. The van der Waals surface area contributed by atoms with Gasteiger partial charge in [0.25, 0.3) is 0 Å². The van der Waals surface area contributed by atoms with Crippen LogP contribution in [0.15, 0.2) is 42.6 Å². The first-order valence-corrected chi connectivity index (χ1v) is 4.79. The molecule has 4 N–H and O–H groups in total. The number of rotatable bonds is 2. The summed E-state index contributed by atoms with van der Waals surface area (Å²) in [5.41, 5.74) is 13.3. The molecule has 0 fully saturated rings. The van der Waals surface area contributed by atoms with E-state index in [1.54, 1.807) is 36.5 Å². The zero-order valence-corrected chi connectivity index (χ0v) is 8.55. The maximum atomic E-state index is 11.2. The Morgan fingerprint density at radius 2 is 1.94 bits per heavy atom. The summed E-state index contributed by atoms with van der Waals surface area (Å²) in [6.07, 6.45) is 1.60. The van der Waals surface area contributed by atoms with E-state index in [4.69, 9.17) is 11.5 Å². The van der Waals surface area contributed by atoms with Crippen LogP contribution >= 0.6 is 0 Å². The van der Waals surface area contributed by atoms with E-state index in [0.29, 0.717) is 22.5 Å². The number of pyridine rings is 1. The largest absolute Gasteiger partial charge is 0.399 e. The number of nitrogens with zero attached hydrogens (tertiary/aromatic N) is 1. The minimum absolute atomic E-state index is 0.445. The van der Waals surface area contributed by atoms with Crippen molar-refractivity contribution in [2.24, 2.45) is 5.73 Å². The molecule has 1 amide bonds. The molecule has 0 spiro atoms. The number of hydrogen-bond acceptors (Lipinski definition) is 3. The molecule has 2 rings (SSSR count). The van der Waals surface area contributed by atoms with Crippen molar-refractivity contribution >= 4 is 11.6 Å². The Labute approximate surface area is 92.9 Å². The average Bonchev–Trinajstić information content (AvgIpc) is 2.29. The fraction of sp³-hybridized carbons (Fsp3) is 0. The third-order valence-corrected chi connectivity index (χ3v) is 2.25. The standard InChI is InChI=1S/C12H11N3O/c13-8-5-6-15-11(7-8)9-3-1-2-4-10(9)12(14)16/h1-7H,(H2,13,15)(H2,14,16). The molecule has 0 atom stereocenters. The van der Waals surface area contributed by atoms with Crippen LogP contribution in [0.2, 0.25) is 0 Å². The van der Waals surface area contributed by atoms with Gasteiger partial charge in [-0.25, -0.2) is 0 Å². The smallest absolute Gasteiger partial charge is 0.249 e. The fourth-order valence-electron chi connectivity index (χ4n) is 1.52. The third kappa shape index (κ3) is 1.86. The number of benzene rings is 1. The highest BCUT2D eigenvalue weighted by atomic mass is 16.1. The summed E-state index contributed by atoms with van der Waals surface area (Å²) >= 11 is 0. The van der Waals surface area contributed by atoms with E-state index < -0.39 is 5.91 Å². The molecule has 4 nitrogen and oxygen atoms in total. The summed E-state index contributed by atoms with van der Waals surface area (Å²) in [5, 5.41) is 0. The van der Waals surface area contributed by atoms with Crippen LogP contribution in [0.4, 0.5) is 5.69 Å². The second kappa shape index (κ2) is 4.02. The van der Waals surface area contributed by atoms with Crippen LogP contribution in [-0.2, 0) is 0 Å². The lowest BCUT2D eigenvalue weighted by Gasteiger charge is -2.06. The molecular weight excluding hydrogens is 202 g/mol. The Morgan fingerprint density at radius 3 is 2.62 bits per heavy atom. The second-order valence-corrected chi connectivity index (χ2v) is 3.38. The Hall–Kier alpha value is -2.36. The van der Waals surface area contributed by atoms with Gasteiger partial charge in [0.05, 0.1) is 5.69 Å². The molecular formula is C12H11N3O. The number of carbonyl (C=O) groups is 1. The van der Waals surface area contributed by atoms with Crippen molar-refractivity contribution in [3.8, 4) is 11.3 Å². The van der Waals surface area contributed by atoms with E-state index in [-0.39, 0.29) is 0 Å². The normalized spacial score (nSPS) is 10.0. The van der Waals surface area contributed by atoms with E-state index in [1.165, 1.54) is 0 Å². The monoisotopic (exact) mass is 213 g/mol. The lowest BCUT2D eigenvalue weighted by Crippen LogP contribution is -2.12. The second-order valence-electron chi connectivity index (χ2n) is 3.38. The van der Waals surface area contributed by atoms with E-state index in [1.807, 2.05) is 6.07 Å². The number of anilines is 1. The lowest BCUT2D eigenvalue weighted by atomic mass is 10.0. The zero-order chi connectivity index (χ0) is 11.5. The van der Waals surface area contributed by atoms with Crippen molar-refractivity contribution in [1.29, 1.82) is 0 Å². The zero-order valence-electron chi connectivity index (χ0n) is 8.55. The van der Waals surface area contributed by atoms with Crippen molar-refractivity contribution in [1.82, 2.24) is 4.98 Å². The van der Waals surface area contributed by atoms with E-state index in [9.17, 15) is 4.79 Å². The van der Waals surface area contributed by atoms with Crippen LogP contribution in [-0.4, -0.2) is 10.9 Å². The highest BCUT2D eigenvalue weighted by Gasteiger charge is 2.09. The molecule has 0 saturated carbocycles. The first-order chi connectivity index (χ1) is 7.68. The van der Waals surface area contributed by atoms with Gasteiger partial charge >= 0.3 is 0 Å². The van der Waals surface area contributed by atoms with Crippen molar-refractivity contribution in [3.05, 3.63) is 48.2 Å². The number of carbonyl (C=O) groups excluding carboxylic acids is 1. The maximum Gasteiger partial charge on any atom is 0.249 e. The topological polar surface area (TPSA) is 82.0 Å². The number of amides is 1. The van der Waals surface area contributed by atoms with Crippen molar-refractivity contribution in [2.45, 2.75) is 0 Å². The van der Waals surface area contributed by atoms with E-state index in [0.717, 1.165) is 0 Å². The van der Waals surface area contributed by atoms with Crippen LogP contribution in [0.5, 0.6) is 0 Å². The van der Waals surface area contributed by atoms with E-state index >= 15 is 0 Å². The summed E-state index contributed by atoms with van der Waals surface area (Å²) in [7, 11) is 0. The van der Waals surface area contributed by atoms with Gasteiger partial charge < -0.3 is 11.5 Å². The Balaban J connectivity index is 2.60. The first kappa shape index (κ1) is 10.2. The SMILES string of the molecule is NC(=O)c1ccccc1-c1cc(N)ccn1. The summed E-state index contributed by atoms with van der Waals surface area (Å²) < 4.78 is 0. The number of aromatic nitrogens is 1. The summed E-state index contributed by atoms with van der Waals surface area (Å²) in [6.45, 7) is 0. The van der Waals surface area contributed by atoms with Crippen LogP contribution in [0.25, 0.3) is 11.3 Å². The first-order valence-electron chi connectivity index (χ1n) is 4.79. The van der Waals surface area contributed by atoms with Gasteiger partial charge in [-0.3, -0.25) is 9.78 Å². The lowest BCUT2D eigenvalue weighted by molar-refractivity contribution is 0.100. The number of hydrogen-bond donors (Lipinski definition) is 2. The molecule has 1 aromatic heterocycles. The summed E-state index contributed by atoms with van der Waals surface area (Å²) in [4.78, 5) is 15.4. The highest BCUT2D eigenvalue weighted by molar-refractivity contribution is 5.99. The predicted octanol–water partition coefficient (Wildman–Crippen LogP) is 1.43. The molecule has 1 heterocycles. The molecule has 80 valence electrons. The quantitative estimate of drug-likeness (QED) is 0.791. The van der Waals surface area contributed by atoms with Gasteiger partial charge in [0.1, 0.15) is 0 Å². The number of nitrogen functional groups attached to an aromatic ring is 1. The summed E-state index contributed by atoms with van der Waals surface area (Å²) in [6, 6.07) is 10.4. The maximum absolute atomic E-state index is 11.2. The highest BCUT2D eigenvalue weighted by Crippen LogP contribution is 2.22. The number of primary amides is 1. The predicted molar refractivity (Wildman–Crippen MR) is 62.6 cm³/mol. The molecule has 0 aliphatic carbocycles. The van der Waals surface area contributed by atoms with Gasteiger partial charge in [-0.05, 0) is 18.2 Å². The third-order valence-electron chi connectivity index (χ3n) is 2.25. The Morgan fingerprint density at radius 1 is 1.19 bits per heavy atom. The fourth-order valence-corrected chi connectivity index (χ4v) is 1.52. The molecule has 0 saturated heterocycles. The van der Waals surface area contributed by atoms with Crippen molar-refractivity contribution in [2.75, 3.05) is 5.73 Å². The minimum Gasteiger partial charge on any atom is -0.399 e. The van der Waals surface area contributed by atoms with E-state index in [2.05, 4.69) is 4.98 Å². The van der Waals surface area contributed by atoms with Crippen LogP contribution in [0, 0.1) is 0 Å². The van der Waals surface area contributed by atoms with Gasteiger partial charge in [0.2, 0.25) is 5.91 Å². The molecule has 1 aromatic carbocycles. The van der Waals surface area contributed by atoms with Gasteiger partial charge in [-0.2, -0.15) is 0 Å². The van der Waals surface area contributed by atoms with Crippen LogP contribution in [0.3, 0.4) is 0 Å². The molecule has 0 unspecified atom stereocenters. The van der Waals surface area contributed by atoms with Gasteiger partial charge in [-0.15, -0.1) is 0 Å². The molecule has 0 aliphatic heterocycles. The summed E-state index contributed by atoms with van der Waals surface area (Å²) in [5.74, 6) is -0.472. The molecule has 0 aliphatic rings. The van der Waals surface area contributed by atoms with Gasteiger partial charge in [-0.1, -0.05) is 18.2 Å². The van der Waals surface area contributed by atoms with Gasteiger partial charge in [0.15, 0.2) is 0 Å². The molecule has 0 bridgehead atoms. The Bertz CT molecular complexity index is 537. The molecule has 4 heteroatoms.